The maximum Gasteiger partial charge on any atom is 0.250 e. The van der Waals surface area contributed by atoms with Crippen LogP contribution in [-0.2, 0) is 4.79 Å². The Morgan fingerprint density at radius 1 is 1.19 bits per heavy atom. The first-order valence-corrected chi connectivity index (χ1v) is 9.08. The minimum atomic E-state index is -0.145. The van der Waals surface area contributed by atoms with E-state index in [0.717, 1.165) is 16.8 Å². The van der Waals surface area contributed by atoms with Gasteiger partial charge in [-0.25, -0.2) is 4.68 Å². The Hall–Kier alpha value is -3.12. The van der Waals surface area contributed by atoms with Crippen molar-refractivity contribution >= 4 is 35.1 Å². The average molecular weight is 380 g/mol. The van der Waals surface area contributed by atoms with Crippen LogP contribution in [0.5, 0.6) is 0 Å². The number of nitrogens with one attached hydrogen (secondary N) is 2. The Bertz CT molecular complexity index is 995. The fourth-order valence-corrected chi connectivity index (χ4v) is 3.07. The molecule has 3 aromatic rings. The van der Waals surface area contributed by atoms with Crippen LogP contribution in [0.3, 0.4) is 0 Å². The number of anilines is 2. The maximum atomic E-state index is 11.7. The smallest absolute Gasteiger partial charge is 0.250 e. The number of halogens is 1. The van der Waals surface area contributed by atoms with E-state index in [0.29, 0.717) is 17.4 Å². The molecule has 1 aliphatic heterocycles. The van der Waals surface area contributed by atoms with E-state index in [1.807, 2.05) is 54.6 Å². The number of amides is 1. The third-order valence-electron chi connectivity index (χ3n) is 4.33. The molecule has 2 aromatic carbocycles. The lowest BCUT2D eigenvalue weighted by Crippen LogP contribution is -2.20. The van der Waals surface area contributed by atoms with Crippen LogP contribution in [0.25, 0.3) is 5.70 Å². The fraction of sp³-hybridized carbons (Fsp3) is 0.150. The molecule has 4 rings (SSSR count). The number of allylic oxidation sites excluding steroid dienone is 1. The second-order valence-electron chi connectivity index (χ2n) is 6.17. The summed E-state index contributed by atoms with van der Waals surface area (Å²) < 4.78 is 1.78. The van der Waals surface area contributed by atoms with Crippen LogP contribution in [0.15, 0.2) is 60.7 Å². The van der Waals surface area contributed by atoms with Crippen LogP contribution < -0.4 is 10.6 Å². The van der Waals surface area contributed by atoms with Gasteiger partial charge in [-0.3, -0.25) is 10.1 Å². The predicted octanol–water partition coefficient (Wildman–Crippen LogP) is 4.34. The molecule has 27 heavy (non-hydrogen) atoms. The molecule has 1 atom stereocenters. The van der Waals surface area contributed by atoms with Crippen LogP contribution in [0, 0.1) is 0 Å². The Kier molecular flexibility index (Phi) is 4.64. The van der Waals surface area contributed by atoms with E-state index in [4.69, 9.17) is 11.6 Å². The summed E-state index contributed by atoms with van der Waals surface area (Å²) in [6.07, 6.45) is 2.46. The highest BCUT2D eigenvalue weighted by Gasteiger charge is 2.25. The number of carbonyl (C=O) groups is 1. The minimum Gasteiger partial charge on any atom is -0.324 e. The number of hydrogen-bond acceptors (Lipinski definition) is 4. The molecule has 0 radical (unpaired) electrons. The summed E-state index contributed by atoms with van der Waals surface area (Å²) in [4.78, 5) is 16.2. The summed E-state index contributed by atoms with van der Waals surface area (Å²) in [6, 6.07) is 17.5. The van der Waals surface area contributed by atoms with Gasteiger partial charge in [0.15, 0.2) is 0 Å². The monoisotopic (exact) mass is 379 g/mol. The van der Waals surface area contributed by atoms with Crippen molar-refractivity contribution in [2.45, 2.75) is 19.4 Å². The number of rotatable bonds is 4. The SMILES string of the molecule is CCC(=O)Nc1nc2n(n1)C(c1ccccc1)C=C(c1ccc(Cl)cc1)N2. The second-order valence-corrected chi connectivity index (χ2v) is 6.61. The number of hydrogen-bond donors (Lipinski definition) is 2. The minimum absolute atomic E-state index is 0.125. The van der Waals surface area contributed by atoms with Crippen molar-refractivity contribution in [3.63, 3.8) is 0 Å². The van der Waals surface area contributed by atoms with Crippen molar-refractivity contribution in [1.82, 2.24) is 14.8 Å². The van der Waals surface area contributed by atoms with E-state index in [2.05, 4.69) is 26.8 Å². The van der Waals surface area contributed by atoms with Gasteiger partial charge in [0.2, 0.25) is 11.9 Å². The van der Waals surface area contributed by atoms with Gasteiger partial charge in [0.1, 0.15) is 6.04 Å². The molecule has 1 unspecified atom stereocenters. The molecule has 0 aliphatic carbocycles. The summed E-state index contributed by atoms with van der Waals surface area (Å²) in [5, 5.41) is 11.2. The number of carbonyl (C=O) groups excluding carboxylic acids is 1. The molecule has 6 nitrogen and oxygen atoms in total. The fourth-order valence-electron chi connectivity index (χ4n) is 2.94. The molecule has 0 spiro atoms. The Morgan fingerprint density at radius 2 is 1.93 bits per heavy atom. The molecule has 2 N–H and O–H groups in total. The molecular weight excluding hydrogens is 362 g/mol. The van der Waals surface area contributed by atoms with Crippen LogP contribution in [0.2, 0.25) is 5.02 Å². The van der Waals surface area contributed by atoms with Crippen LogP contribution >= 0.6 is 11.6 Å². The van der Waals surface area contributed by atoms with Crippen molar-refractivity contribution in [3.8, 4) is 0 Å². The molecule has 0 saturated carbocycles. The highest BCUT2D eigenvalue weighted by Crippen LogP contribution is 2.33. The zero-order chi connectivity index (χ0) is 18.8. The molecule has 1 aliphatic rings. The average Bonchev–Trinajstić information content (AvgIpc) is 3.10. The molecule has 0 bridgehead atoms. The number of benzene rings is 2. The summed E-state index contributed by atoms with van der Waals surface area (Å²) in [5.74, 6) is 0.735. The first-order valence-electron chi connectivity index (χ1n) is 8.70. The molecule has 1 amide bonds. The van der Waals surface area contributed by atoms with Crippen molar-refractivity contribution in [1.29, 1.82) is 0 Å². The lowest BCUT2D eigenvalue weighted by atomic mass is 10.0. The van der Waals surface area contributed by atoms with E-state index in [1.165, 1.54) is 0 Å². The van der Waals surface area contributed by atoms with E-state index in [-0.39, 0.29) is 17.9 Å². The summed E-state index contributed by atoms with van der Waals surface area (Å²) in [5.41, 5.74) is 2.98. The van der Waals surface area contributed by atoms with E-state index in [1.54, 1.807) is 11.6 Å². The Balaban J connectivity index is 1.76. The molecule has 7 heteroatoms. The first kappa shape index (κ1) is 17.3. The van der Waals surface area contributed by atoms with Crippen molar-refractivity contribution in [3.05, 3.63) is 76.8 Å². The van der Waals surface area contributed by atoms with Crippen molar-refractivity contribution in [2.75, 3.05) is 10.6 Å². The number of nitrogens with zero attached hydrogens (tertiary/aromatic N) is 3. The van der Waals surface area contributed by atoms with Crippen molar-refractivity contribution in [2.24, 2.45) is 0 Å². The molecule has 136 valence electrons. The zero-order valence-electron chi connectivity index (χ0n) is 14.7. The molecule has 0 fully saturated rings. The van der Waals surface area contributed by atoms with E-state index >= 15 is 0 Å². The summed E-state index contributed by atoms with van der Waals surface area (Å²) in [6.45, 7) is 1.79. The van der Waals surface area contributed by atoms with Gasteiger partial charge in [-0.15, -0.1) is 5.10 Å². The lowest BCUT2D eigenvalue weighted by molar-refractivity contribution is -0.115. The highest BCUT2D eigenvalue weighted by molar-refractivity contribution is 6.30. The van der Waals surface area contributed by atoms with Crippen molar-refractivity contribution < 1.29 is 4.79 Å². The summed E-state index contributed by atoms with van der Waals surface area (Å²) in [7, 11) is 0. The van der Waals surface area contributed by atoms with E-state index < -0.39 is 0 Å². The van der Waals surface area contributed by atoms with Gasteiger partial charge < -0.3 is 5.32 Å². The molecule has 0 saturated heterocycles. The van der Waals surface area contributed by atoms with Crippen LogP contribution in [0.1, 0.15) is 30.5 Å². The largest absolute Gasteiger partial charge is 0.324 e. The topological polar surface area (TPSA) is 71.8 Å². The van der Waals surface area contributed by atoms with E-state index in [9.17, 15) is 4.79 Å². The van der Waals surface area contributed by atoms with Gasteiger partial charge in [-0.2, -0.15) is 4.98 Å². The highest BCUT2D eigenvalue weighted by atomic mass is 35.5. The Labute approximate surface area is 161 Å². The van der Waals surface area contributed by atoms with Gasteiger partial charge in [0.05, 0.1) is 0 Å². The van der Waals surface area contributed by atoms with Crippen LogP contribution in [0.4, 0.5) is 11.9 Å². The van der Waals surface area contributed by atoms with Gasteiger partial charge in [-0.1, -0.05) is 61.0 Å². The normalized spacial score (nSPS) is 15.5. The number of fused-ring (bicyclic) bond motifs is 1. The molecule has 1 aromatic heterocycles. The lowest BCUT2D eigenvalue weighted by Gasteiger charge is -2.24. The zero-order valence-corrected chi connectivity index (χ0v) is 15.4. The number of aromatic nitrogens is 3. The van der Waals surface area contributed by atoms with Gasteiger partial charge >= 0.3 is 0 Å². The Morgan fingerprint density at radius 3 is 2.63 bits per heavy atom. The quantitative estimate of drug-likeness (QED) is 0.707. The summed E-state index contributed by atoms with van der Waals surface area (Å²) >= 11 is 6.02. The third kappa shape index (κ3) is 3.57. The van der Waals surface area contributed by atoms with Crippen LogP contribution in [-0.4, -0.2) is 20.7 Å². The van der Waals surface area contributed by atoms with Gasteiger partial charge in [0.25, 0.3) is 5.95 Å². The van der Waals surface area contributed by atoms with Gasteiger partial charge in [-0.05, 0) is 29.3 Å². The standard InChI is InChI=1S/C20H18ClN5O/c1-2-18(27)23-19-24-20-22-16(13-8-10-15(21)11-9-13)12-17(26(20)25-19)14-6-4-3-5-7-14/h3-12,17H,2H2,1H3,(H2,22,23,24,25,27). The molecule has 2 heterocycles. The molecular formula is C20H18ClN5O. The predicted molar refractivity (Wildman–Crippen MR) is 107 cm³/mol. The third-order valence-corrected chi connectivity index (χ3v) is 4.59. The van der Waals surface area contributed by atoms with Gasteiger partial charge in [0, 0.05) is 17.1 Å². The maximum absolute atomic E-state index is 11.7. The first-order chi connectivity index (χ1) is 13.1. The second kappa shape index (κ2) is 7.25.